The molecule has 0 aromatic heterocycles. The molecule has 110 valence electrons. The van der Waals surface area contributed by atoms with Crippen LogP contribution in [0.5, 0.6) is 0 Å². The van der Waals surface area contributed by atoms with E-state index in [9.17, 15) is 17.1 Å². The number of hydrogen-bond acceptors (Lipinski definition) is 4. The molecule has 0 aliphatic carbocycles. The first-order chi connectivity index (χ1) is 9.36. The Kier molecular flexibility index (Phi) is 4.70. The van der Waals surface area contributed by atoms with Crippen LogP contribution in [0.2, 0.25) is 0 Å². The fourth-order valence-electron chi connectivity index (χ4n) is 2.05. The van der Waals surface area contributed by atoms with Crippen LogP contribution in [-0.2, 0) is 15.0 Å². The highest BCUT2D eigenvalue weighted by Gasteiger charge is 2.37. The van der Waals surface area contributed by atoms with Gasteiger partial charge in [0.15, 0.2) is 0 Å². The minimum atomic E-state index is -4.62. The first kappa shape index (κ1) is 15.3. The van der Waals surface area contributed by atoms with E-state index in [-0.39, 0.29) is 18.9 Å². The van der Waals surface area contributed by atoms with Crippen molar-refractivity contribution in [2.45, 2.75) is 23.5 Å². The van der Waals surface area contributed by atoms with E-state index >= 15 is 0 Å². The molecule has 1 saturated heterocycles. The predicted molar refractivity (Wildman–Crippen MR) is 76.9 cm³/mol. The Morgan fingerprint density at radius 3 is 2.55 bits per heavy atom. The van der Waals surface area contributed by atoms with Crippen LogP contribution in [0.15, 0.2) is 29.2 Å². The smallest absolute Gasteiger partial charge is 0.307 e. The molecule has 20 heavy (non-hydrogen) atoms. The van der Waals surface area contributed by atoms with Crippen molar-refractivity contribution in [1.82, 2.24) is 4.90 Å². The molecule has 1 atom stereocenters. The molecular weight excluding hydrogens is 301 g/mol. The maximum Gasteiger partial charge on any atom is 0.307 e. The maximum absolute atomic E-state index is 12.9. The van der Waals surface area contributed by atoms with Gasteiger partial charge in [0.1, 0.15) is 5.25 Å². The lowest BCUT2D eigenvalue weighted by atomic mass is 10.2. The minimum Gasteiger partial charge on any atom is -0.340 e. The minimum absolute atomic E-state index is 0.0356. The van der Waals surface area contributed by atoms with Gasteiger partial charge in [0, 0.05) is 30.2 Å². The number of halogens is 1. The molecule has 1 heterocycles. The van der Waals surface area contributed by atoms with Gasteiger partial charge < -0.3 is 4.90 Å². The van der Waals surface area contributed by atoms with Crippen LogP contribution in [0, 0.1) is 6.92 Å². The monoisotopic (exact) mass is 317 g/mol. The van der Waals surface area contributed by atoms with Crippen molar-refractivity contribution in [3.63, 3.8) is 0 Å². The summed E-state index contributed by atoms with van der Waals surface area (Å²) >= 11 is 1.59. The Hall–Kier alpha value is -1.08. The Balaban J connectivity index is 1.83. The summed E-state index contributed by atoms with van der Waals surface area (Å²) in [7, 11) is -4.62. The third-order valence-corrected chi connectivity index (χ3v) is 5.33. The number of benzene rings is 1. The van der Waals surface area contributed by atoms with Gasteiger partial charge in [-0.25, -0.2) is 0 Å². The summed E-state index contributed by atoms with van der Waals surface area (Å²) in [6.45, 7) is 2.41. The molecule has 2 rings (SSSR count). The highest BCUT2D eigenvalue weighted by molar-refractivity contribution is 7.99. The van der Waals surface area contributed by atoms with Gasteiger partial charge in [0.05, 0.1) is 0 Å². The van der Waals surface area contributed by atoms with E-state index in [0.29, 0.717) is 12.3 Å². The van der Waals surface area contributed by atoms with E-state index in [1.165, 1.54) is 10.5 Å². The van der Waals surface area contributed by atoms with E-state index in [0.717, 1.165) is 4.90 Å². The SMILES string of the molecule is Cc1ccc(SCCN2CC(S(=O)(=O)F)CC2=O)cc1. The average molecular weight is 317 g/mol. The van der Waals surface area contributed by atoms with Gasteiger partial charge in [-0.15, -0.1) is 15.6 Å². The van der Waals surface area contributed by atoms with Crippen LogP contribution >= 0.6 is 11.8 Å². The van der Waals surface area contributed by atoms with Gasteiger partial charge in [-0.1, -0.05) is 17.7 Å². The second-order valence-corrected chi connectivity index (χ2v) is 7.59. The number of likely N-dealkylation sites (tertiary alicyclic amines) is 1. The fraction of sp³-hybridized carbons (Fsp3) is 0.462. The van der Waals surface area contributed by atoms with Crippen molar-refractivity contribution in [1.29, 1.82) is 0 Å². The van der Waals surface area contributed by atoms with E-state index in [1.54, 1.807) is 11.8 Å². The number of thioether (sulfide) groups is 1. The van der Waals surface area contributed by atoms with Crippen molar-refractivity contribution in [2.24, 2.45) is 0 Å². The predicted octanol–water partition coefficient (Wildman–Crippen LogP) is 1.99. The Labute approximate surface area is 122 Å². The number of rotatable bonds is 5. The van der Waals surface area contributed by atoms with Gasteiger partial charge in [0.2, 0.25) is 5.91 Å². The van der Waals surface area contributed by atoms with Crippen molar-refractivity contribution in [3.8, 4) is 0 Å². The zero-order chi connectivity index (χ0) is 14.8. The van der Waals surface area contributed by atoms with E-state index < -0.39 is 15.5 Å². The standard InChI is InChI=1S/C13H16FNO3S2/c1-10-2-4-11(5-3-10)19-7-6-15-9-12(8-13(15)16)20(14,17)18/h2-5,12H,6-9H2,1H3. The quantitative estimate of drug-likeness (QED) is 0.615. The molecular formula is C13H16FNO3S2. The van der Waals surface area contributed by atoms with Gasteiger partial charge in [-0.3, -0.25) is 4.79 Å². The normalized spacial score (nSPS) is 19.6. The highest BCUT2D eigenvalue weighted by Crippen LogP contribution is 2.22. The van der Waals surface area contributed by atoms with Gasteiger partial charge in [0.25, 0.3) is 0 Å². The molecule has 7 heteroatoms. The topological polar surface area (TPSA) is 54.5 Å². The Morgan fingerprint density at radius 1 is 1.35 bits per heavy atom. The summed E-state index contributed by atoms with van der Waals surface area (Å²) in [4.78, 5) is 14.1. The molecule has 1 aromatic rings. The van der Waals surface area contributed by atoms with Crippen LogP contribution in [0.4, 0.5) is 3.89 Å². The summed E-state index contributed by atoms with van der Waals surface area (Å²) in [6.07, 6.45) is -0.242. The number of carbonyl (C=O) groups is 1. The molecule has 1 aliphatic heterocycles. The van der Waals surface area contributed by atoms with E-state index in [4.69, 9.17) is 0 Å². The number of amides is 1. The third kappa shape index (κ3) is 3.96. The lowest BCUT2D eigenvalue weighted by molar-refractivity contribution is -0.127. The van der Waals surface area contributed by atoms with Crippen LogP contribution in [0.3, 0.4) is 0 Å². The lowest BCUT2D eigenvalue weighted by Gasteiger charge is -2.15. The van der Waals surface area contributed by atoms with Crippen molar-refractivity contribution in [2.75, 3.05) is 18.8 Å². The van der Waals surface area contributed by atoms with E-state index in [2.05, 4.69) is 0 Å². The summed E-state index contributed by atoms with van der Waals surface area (Å²) < 4.78 is 34.5. The molecule has 1 amide bonds. The van der Waals surface area contributed by atoms with Crippen molar-refractivity contribution in [3.05, 3.63) is 29.8 Å². The summed E-state index contributed by atoms with van der Waals surface area (Å²) in [6, 6.07) is 8.02. The molecule has 1 aliphatic rings. The molecule has 4 nitrogen and oxygen atoms in total. The van der Waals surface area contributed by atoms with Crippen LogP contribution in [0.25, 0.3) is 0 Å². The third-order valence-electron chi connectivity index (χ3n) is 3.23. The second-order valence-electron chi connectivity index (χ2n) is 4.80. The zero-order valence-corrected chi connectivity index (χ0v) is 12.7. The number of nitrogens with zero attached hydrogens (tertiary/aromatic N) is 1. The Morgan fingerprint density at radius 2 is 2.00 bits per heavy atom. The van der Waals surface area contributed by atoms with Crippen molar-refractivity contribution < 1.29 is 17.1 Å². The molecule has 0 radical (unpaired) electrons. The Bertz CT molecular complexity index is 586. The highest BCUT2D eigenvalue weighted by atomic mass is 32.3. The summed E-state index contributed by atoms with van der Waals surface area (Å²) in [5, 5.41) is -1.20. The van der Waals surface area contributed by atoms with E-state index in [1.807, 2.05) is 31.2 Å². The molecule has 1 unspecified atom stereocenters. The average Bonchev–Trinajstić information content (AvgIpc) is 2.74. The molecule has 0 bridgehead atoms. The largest absolute Gasteiger partial charge is 0.340 e. The van der Waals surface area contributed by atoms with Crippen LogP contribution in [0.1, 0.15) is 12.0 Å². The second kappa shape index (κ2) is 6.13. The summed E-state index contributed by atoms with van der Waals surface area (Å²) in [5.41, 5.74) is 1.18. The number of hydrogen-bond donors (Lipinski definition) is 0. The lowest BCUT2D eigenvalue weighted by Crippen LogP contribution is -2.29. The molecule has 1 fully saturated rings. The first-order valence-corrected chi connectivity index (χ1v) is 8.70. The number of aryl methyl sites for hydroxylation is 1. The molecule has 0 N–H and O–H groups in total. The maximum atomic E-state index is 12.9. The van der Waals surface area contributed by atoms with Gasteiger partial charge >= 0.3 is 10.2 Å². The molecule has 0 saturated carbocycles. The zero-order valence-electron chi connectivity index (χ0n) is 11.1. The fourth-order valence-corrected chi connectivity index (χ4v) is 3.62. The van der Waals surface area contributed by atoms with Gasteiger partial charge in [-0.2, -0.15) is 8.42 Å². The van der Waals surface area contributed by atoms with Gasteiger partial charge in [-0.05, 0) is 19.1 Å². The van der Waals surface area contributed by atoms with Crippen LogP contribution in [-0.4, -0.2) is 43.3 Å². The molecule has 0 spiro atoms. The molecule has 1 aromatic carbocycles. The number of carbonyl (C=O) groups excluding carboxylic acids is 1. The summed E-state index contributed by atoms with van der Waals surface area (Å²) in [5.74, 6) is 0.370. The first-order valence-electron chi connectivity index (χ1n) is 6.27. The van der Waals surface area contributed by atoms with Crippen molar-refractivity contribution >= 4 is 27.9 Å². The van der Waals surface area contributed by atoms with Crippen LogP contribution < -0.4 is 0 Å².